The maximum Gasteiger partial charge on any atom is 0.0605 e. The van der Waals surface area contributed by atoms with Gasteiger partial charge in [-0.15, -0.1) is 11.8 Å². The first-order valence-electron chi connectivity index (χ1n) is 9.33. The van der Waals surface area contributed by atoms with Gasteiger partial charge in [-0.2, -0.15) is 0 Å². The summed E-state index contributed by atoms with van der Waals surface area (Å²) in [6.07, 6.45) is 7.83. The maximum absolute atomic E-state index is 11.5. The van der Waals surface area contributed by atoms with Crippen LogP contribution in [0.2, 0.25) is 0 Å². The molecule has 0 aliphatic heterocycles. The van der Waals surface area contributed by atoms with Crippen LogP contribution in [0.4, 0.5) is 0 Å². The summed E-state index contributed by atoms with van der Waals surface area (Å²) in [4.78, 5) is 5.41. The zero-order valence-electron chi connectivity index (χ0n) is 16.2. The summed E-state index contributed by atoms with van der Waals surface area (Å²) in [6, 6.07) is 4.13. The van der Waals surface area contributed by atoms with Crippen molar-refractivity contribution < 1.29 is 9.32 Å². The molecule has 6 unspecified atom stereocenters. The molecule has 26 heavy (non-hydrogen) atoms. The lowest BCUT2D eigenvalue weighted by Gasteiger charge is -2.27. The first-order chi connectivity index (χ1) is 12.3. The van der Waals surface area contributed by atoms with E-state index in [1.54, 1.807) is 12.5 Å². The van der Waals surface area contributed by atoms with Gasteiger partial charge < -0.3 is 10.8 Å². The van der Waals surface area contributed by atoms with Crippen LogP contribution < -0.4 is 5.73 Å². The first-order valence-corrected chi connectivity index (χ1v) is 11.9. The summed E-state index contributed by atoms with van der Waals surface area (Å²) < 4.78 is 11.5. The zero-order valence-corrected chi connectivity index (χ0v) is 17.9. The van der Waals surface area contributed by atoms with Crippen molar-refractivity contribution in [1.82, 2.24) is 4.98 Å². The van der Waals surface area contributed by atoms with Gasteiger partial charge in [-0.3, -0.25) is 9.19 Å². The third kappa shape index (κ3) is 6.10. The molecule has 146 valence electrons. The van der Waals surface area contributed by atoms with Crippen LogP contribution in [0.5, 0.6) is 0 Å². The van der Waals surface area contributed by atoms with Crippen LogP contribution in [-0.2, 0) is 10.8 Å². The van der Waals surface area contributed by atoms with Gasteiger partial charge in [0.25, 0.3) is 0 Å². The molecule has 0 amide bonds. The van der Waals surface area contributed by atoms with E-state index in [0.717, 1.165) is 25.0 Å². The van der Waals surface area contributed by atoms with Gasteiger partial charge in [0.2, 0.25) is 0 Å². The van der Waals surface area contributed by atoms with Crippen LogP contribution in [0.1, 0.15) is 51.5 Å². The molecule has 0 aromatic carbocycles. The lowest BCUT2D eigenvalue weighted by Crippen LogP contribution is -2.31. The van der Waals surface area contributed by atoms with Crippen molar-refractivity contribution >= 4 is 22.6 Å². The van der Waals surface area contributed by atoms with Crippen LogP contribution >= 0.6 is 11.8 Å². The molecular formula is C20H32N2O2S2. The second-order valence-electron chi connectivity index (χ2n) is 7.47. The van der Waals surface area contributed by atoms with Gasteiger partial charge in [-0.1, -0.05) is 26.3 Å². The molecule has 3 N–H and O–H groups in total. The molecule has 6 heteroatoms. The molecule has 0 saturated heterocycles. The first kappa shape index (κ1) is 21.5. The van der Waals surface area contributed by atoms with Crippen molar-refractivity contribution in [3.63, 3.8) is 0 Å². The third-order valence-corrected chi connectivity index (χ3v) is 7.71. The molecule has 0 radical (unpaired) electrons. The highest BCUT2D eigenvalue weighted by Gasteiger charge is 2.40. The lowest BCUT2D eigenvalue weighted by atomic mass is 9.88. The summed E-state index contributed by atoms with van der Waals surface area (Å²) in [5.74, 6) is 1.26. The van der Waals surface area contributed by atoms with E-state index in [4.69, 9.17) is 5.73 Å². The standard InChI is InChI=1S/C20H32N2O2S2/c1-5-15(20(23)13(2)12-26(4)24)9-18(14(3)21)25-19-10-17(19)16-7-6-8-22-11-16/h6-8,11,13,15,17,19-20,23H,5,9-10,12,21H2,1-4H3/b18-14-. The van der Waals surface area contributed by atoms with Gasteiger partial charge in [-0.05, 0) is 49.1 Å². The summed E-state index contributed by atoms with van der Waals surface area (Å²) in [5.41, 5.74) is 8.32. The Labute approximate surface area is 164 Å². The topological polar surface area (TPSA) is 76.2 Å². The van der Waals surface area contributed by atoms with Crippen molar-refractivity contribution in [2.45, 2.75) is 57.3 Å². The van der Waals surface area contributed by atoms with E-state index in [1.165, 1.54) is 10.5 Å². The maximum atomic E-state index is 11.5. The lowest BCUT2D eigenvalue weighted by molar-refractivity contribution is 0.0646. The van der Waals surface area contributed by atoms with Crippen LogP contribution in [0.25, 0.3) is 0 Å². The average molecular weight is 397 g/mol. The second kappa shape index (κ2) is 9.90. The number of nitrogens with two attached hydrogens (primary N) is 1. The molecule has 2 rings (SSSR count). The Morgan fingerprint density at radius 1 is 1.54 bits per heavy atom. The second-order valence-corrected chi connectivity index (χ2v) is 10.3. The fourth-order valence-corrected chi connectivity index (χ4v) is 5.84. The number of rotatable bonds is 10. The monoisotopic (exact) mass is 396 g/mol. The number of hydrogen-bond donors (Lipinski definition) is 2. The molecule has 1 aromatic rings. The predicted octanol–water partition coefficient (Wildman–Crippen LogP) is 3.65. The van der Waals surface area contributed by atoms with E-state index in [0.29, 0.717) is 16.9 Å². The van der Waals surface area contributed by atoms with E-state index < -0.39 is 16.9 Å². The van der Waals surface area contributed by atoms with E-state index in [2.05, 4.69) is 18.0 Å². The number of pyridine rings is 1. The van der Waals surface area contributed by atoms with E-state index in [1.807, 2.05) is 37.9 Å². The number of allylic oxidation sites excluding steroid dienone is 2. The molecule has 1 saturated carbocycles. The highest BCUT2D eigenvalue weighted by Crippen LogP contribution is 2.52. The fourth-order valence-electron chi connectivity index (χ4n) is 3.41. The van der Waals surface area contributed by atoms with Crippen molar-refractivity contribution in [2.24, 2.45) is 17.6 Å². The molecule has 1 aliphatic rings. The Morgan fingerprint density at radius 2 is 2.27 bits per heavy atom. The summed E-state index contributed by atoms with van der Waals surface area (Å²) in [6.45, 7) is 6.04. The van der Waals surface area contributed by atoms with Crippen molar-refractivity contribution in [2.75, 3.05) is 12.0 Å². The fraction of sp³-hybridized carbons (Fsp3) is 0.650. The van der Waals surface area contributed by atoms with Crippen molar-refractivity contribution in [3.05, 3.63) is 40.7 Å². The molecule has 1 heterocycles. The Bertz CT molecular complexity index is 632. The minimum Gasteiger partial charge on any atom is -0.402 e. The molecule has 1 fully saturated rings. The van der Waals surface area contributed by atoms with Gasteiger partial charge in [0.05, 0.1) is 6.10 Å². The molecule has 0 spiro atoms. The van der Waals surface area contributed by atoms with Gasteiger partial charge in [0.15, 0.2) is 0 Å². The number of aromatic nitrogens is 1. The minimum atomic E-state index is -0.889. The molecule has 4 nitrogen and oxygen atoms in total. The van der Waals surface area contributed by atoms with Crippen LogP contribution in [0, 0.1) is 11.8 Å². The van der Waals surface area contributed by atoms with Crippen molar-refractivity contribution in [1.29, 1.82) is 0 Å². The van der Waals surface area contributed by atoms with Crippen LogP contribution in [0.15, 0.2) is 35.1 Å². The molecule has 1 aliphatic carbocycles. The smallest absolute Gasteiger partial charge is 0.0605 e. The average Bonchev–Trinajstić information content (AvgIpc) is 3.37. The third-order valence-electron chi connectivity index (χ3n) is 5.11. The van der Waals surface area contributed by atoms with Gasteiger partial charge in [0, 0.05) is 51.1 Å². The quantitative estimate of drug-likeness (QED) is 0.631. The van der Waals surface area contributed by atoms with E-state index in [-0.39, 0.29) is 11.8 Å². The summed E-state index contributed by atoms with van der Waals surface area (Å²) in [7, 11) is -0.889. The number of aliphatic hydroxyl groups is 1. The summed E-state index contributed by atoms with van der Waals surface area (Å²) >= 11 is 1.86. The SMILES string of the molecule is CCC(C/C(SC1CC1c1cccnc1)=C(\C)N)C(O)C(C)CS(C)=O. The zero-order chi connectivity index (χ0) is 19.3. The van der Waals surface area contributed by atoms with Crippen LogP contribution in [0.3, 0.4) is 0 Å². The summed E-state index contributed by atoms with van der Waals surface area (Å²) in [5, 5.41) is 11.3. The minimum absolute atomic E-state index is 0.0270. The highest BCUT2D eigenvalue weighted by atomic mass is 32.2. The number of aliphatic hydroxyl groups excluding tert-OH is 1. The van der Waals surface area contributed by atoms with E-state index >= 15 is 0 Å². The Hall–Kier alpha value is -0.850. The van der Waals surface area contributed by atoms with Gasteiger partial charge in [-0.25, -0.2) is 0 Å². The molecule has 0 bridgehead atoms. The Kier molecular flexibility index (Phi) is 8.17. The van der Waals surface area contributed by atoms with Gasteiger partial charge >= 0.3 is 0 Å². The normalized spacial score (nSPS) is 25.1. The number of hydrogen-bond acceptors (Lipinski definition) is 5. The van der Waals surface area contributed by atoms with Crippen LogP contribution in [-0.4, -0.2) is 37.7 Å². The number of nitrogens with zero attached hydrogens (tertiary/aromatic N) is 1. The predicted molar refractivity (Wildman–Crippen MR) is 112 cm³/mol. The van der Waals surface area contributed by atoms with Gasteiger partial charge in [0.1, 0.15) is 0 Å². The molecule has 6 atom stereocenters. The largest absolute Gasteiger partial charge is 0.402 e. The Balaban J connectivity index is 1.97. The number of thioether (sulfide) groups is 1. The van der Waals surface area contributed by atoms with E-state index in [9.17, 15) is 9.32 Å². The van der Waals surface area contributed by atoms with Crippen molar-refractivity contribution in [3.8, 4) is 0 Å². The Morgan fingerprint density at radius 3 is 2.81 bits per heavy atom. The molecule has 1 aromatic heterocycles. The highest BCUT2D eigenvalue weighted by molar-refractivity contribution is 8.04. The molecular weight excluding hydrogens is 364 g/mol.